The Morgan fingerprint density at radius 2 is 1.88 bits per heavy atom. The number of aromatic nitrogens is 2. The first-order chi connectivity index (χ1) is 7.66. The number of nitrogen functional groups attached to an aromatic ring is 1. The third kappa shape index (κ3) is 2.43. The predicted molar refractivity (Wildman–Crippen MR) is 66.6 cm³/mol. The molecule has 16 heavy (non-hydrogen) atoms. The highest BCUT2D eigenvalue weighted by molar-refractivity contribution is 5.44. The van der Waals surface area contributed by atoms with E-state index in [0.717, 1.165) is 24.6 Å². The van der Waals surface area contributed by atoms with Crippen LogP contribution in [-0.2, 0) is 0 Å². The van der Waals surface area contributed by atoms with Gasteiger partial charge in [0.1, 0.15) is 5.82 Å². The van der Waals surface area contributed by atoms with Crippen molar-refractivity contribution >= 4 is 11.8 Å². The fourth-order valence-electron chi connectivity index (χ4n) is 2.05. The maximum Gasteiger partial charge on any atom is 0.222 e. The predicted octanol–water partition coefficient (Wildman–Crippen LogP) is 2.17. The molecule has 4 nitrogen and oxygen atoms in total. The molecule has 0 aromatic carbocycles. The third-order valence-corrected chi connectivity index (χ3v) is 3.02. The number of nitrogens with two attached hydrogens (primary N) is 1. The fourth-order valence-corrected chi connectivity index (χ4v) is 2.05. The van der Waals surface area contributed by atoms with Gasteiger partial charge in [-0.1, -0.05) is 13.8 Å². The summed E-state index contributed by atoms with van der Waals surface area (Å²) in [7, 11) is 0. The molecule has 0 aliphatic carbocycles. The van der Waals surface area contributed by atoms with Gasteiger partial charge in [-0.3, -0.25) is 0 Å². The molecule has 0 unspecified atom stereocenters. The lowest BCUT2D eigenvalue weighted by Gasteiger charge is -2.28. The average molecular weight is 220 g/mol. The van der Waals surface area contributed by atoms with E-state index >= 15 is 0 Å². The summed E-state index contributed by atoms with van der Waals surface area (Å²) in [5, 5.41) is 0. The van der Waals surface area contributed by atoms with Crippen molar-refractivity contribution in [3.8, 4) is 0 Å². The molecule has 1 fully saturated rings. The summed E-state index contributed by atoms with van der Waals surface area (Å²) in [6.45, 7) is 6.44. The molecule has 1 saturated heterocycles. The molecule has 2 N–H and O–H groups in total. The van der Waals surface area contributed by atoms with Gasteiger partial charge in [-0.05, 0) is 25.2 Å². The Morgan fingerprint density at radius 3 is 2.50 bits per heavy atom. The lowest BCUT2D eigenvalue weighted by molar-refractivity contribution is 0.572. The number of piperidine rings is 1. The van der Waals surface area contributed by atoms with Crippen molar-refractivity contribution in [1.82, 2.24) is 9.97 Å². The van der Waals surface area contributed by atoms with Gasteiger partial charge in [0.25, 0.3) is 0 Å². The highest BCUT2D eigenvalue weighted by atomic mass is 15.2. The van der Waals surface area contributed by atoms with Gasteiger partial charge in [0.15, 0.2) is 0 Å². The monoisotopic (exact) mass is 220 g/mol. The molecule has 88 valence electrons. The molecule has 0 amide bonds. The van der Waals surface area contributed by atoms with E-state index in [2.05, 4.69) is 34.8 Å². The van der Waals surface area contributed by atoms with E-state index in [0.29, 0.717) is 11.9 Å². The second kappa shape index (κ2) is 4.68. The van der Waals surface area contributed by atoms with Crippen LogP contribution in [0.3, 0.4) is 0 Å². The van der Waals surface area contributed by atoms with Gasteiger partial charge in [0.2, 0.25) is 5.95 Å². The van der Waals surface area contributed by atoms with Crippen molar-refractivity contribution in [2.75, 3.05) is 23.7 Å². The van der Waals surface area contributed by atoms with Crippen LogP contribution in [0.25, 0.3) is 0 Å². The van der Waals surface area contributed by atoms with Crippen LogP contribution in [-0.4, -0.2) is 23.1 Å². The SMILES string of the molecule is CC(C)c1cc(N2CCCCC2)nc(N)n1. The van der Waals surface area contributed by atoms with E-state index in [4.69, 9.17) is 5.73 Å². The summed E-state index contributed by atoms with van der Waals surface area (Å²) >= 11 is 0. The van der Waals surface area contributed by atoms with Crippen molar-refractivity contribution in [3.05, 3.63) is 11.8 Å². The molecule has 2 rings (SSSR count). The van der Waals surface area contributed by atoms with Gasteiger partial charge in [0, 0.05) is 19.2 Å². The zero-order valence-electron chi connectivity index (χ0n) is 10.1. The Kier molecular flexibility index (Phi) is 3.27. The summed E-state index contributed by atoms with van der Waals surface area (Å²) in [6, 6.07) is 2.08. The molecule has 0 spiro atoms. The minimum absolute atomic E-state index is 0.395. The van der Waals surface area contributed by atoms with E-state index in [-0.39, 0.29) is 0 Å². The van der Waals surface area contributed by atoms with Gasteiger partial charge >= 0.3 is 0 Å². The van der Waals surface area contributed by atoms with Crippen LogP contribution in [0.1, 0.15) is 44.7 Å². The zero-order valence-corrected chi connectivity index (χ0v) is 10.1. The van der Waals surface area contributed by atoms with Gasteiger partial charge < -0.3 is 10.6 Å². The molecule has 0 saturated carbocycles. The zero-order chi connectivity index (χ0) is 11.5. The molecular formula is C12H20N4. The number of hydrogen-bond donors (Lipinski definition) is 1. The minimum atomic E-state index is 0.395. The van der Waals surface area contributed by atoms with E-state index in [1.165, 1.54) is 19.3 Å². The second-order valence-electron chi connectivity index (χ2n) is 4.71. The lowest BCUT2D eigenvalue weighted by atomic mass is 10.1. The van der Waals surface area contributed by atoms with Crippen LogP contribution in [0.2, 0.25) is 0 Å². The van der Waals surface area contributed by atoms with Crippen molar-refractivity contribution in [2.45, 2.75) is 39.0 Å². The van der Waals surface area contributed by atoms with Crippen LogP contribution in [0.15, 0.2) is 6.07 Å². The summed E-state index contributed by atoms with van der Waals surface area (Å²) < 4.78 is 0. The highest BCUT2D eigenvalue weighted by Gasteiger charge is 2.14. The van der Waals surface area contributed by atoms with Crippen LogP contribution >= 0.6 is 0 Å². The third-order valence-electron chi connectivity index (χ3n) is 3.02. The first kappa shape index (κ1) is 11.2. The lowest BCUT2D eigenvalue weighted by Crippen LogP contribution is -2.30. The Balaban J connectivity index is 2.25. The van der Waals surface area contributed by atoms with E-state index in [9.17, 15) is 0 Å². The molecule has 0 bridgehead atoms. The summed E-state index contributed by atoms with van der Waals surface area (Å²) in [6.07, 6.45) is 3.83. The van der Waals surface area contributed by atoms with Crippen molar-refractivity contribution < 1.29 is 0 Å². The van der Waals surface area contributed by atoms with Gasteiger partial charge in [-0.2, -0.15) is 4.98 Å². The van der Waals surface area contributed by atoms with Crippen molar-refractivity contribution in [3.63, 3.8) is 0 Å². The Morgan fingerprint density at radius 1 is 1.19 bits per heavy atom. The van der Waals surface area contributed by atoms with E-state index in [1.807, 2.05) is 0 Å². The molecule has 0 radical (unpaired) electrons. The van der Waals surface area contributed by atoms with Crippen LogP contribution < -0.4 is 10.6 Å². The molecule has 4 heteroatoms. The number of rotatable bonds is 2. The molecule has 1 aromatic rings. The van der Waals surface area contributed by atoms with Gasteiger partial charge in [0.05, 0.1) is 5.69 Å². The highest BCUT2D eigenvalue weighted by Crippen LogP contribution is 2.22. The van der Waals surface area contributed by atoms with Crippen molar-refractivity contribution in [1.29, 1.82) is 0 Å². The topological polar surface area (TPSA) is 55.0 Å². The van der Waals surface area contributed by atoms with Crippen LogP contribution in [0.5, 0.6) is 0 Å². The normalized spacial score (nSPS) is 16.8. The number of anilines is 2. The van der Waals surface area contributed by atoms with E-state index in [1.54, 1.807) is 0 Å². The van der Waals surface area contributed by atoms with Crippen LogP contribution in [0, 0.1) is 0 Å². The summed E-state index contributed by atoms with van der Waals surface area (Å²) in [5.41, 5.74) is 6.79. The molecule has 2 heterocycles. The van der Waals surface area contributed by atoms with Gasteiger partial charge in [-0.15, -0.1) is 0 Å². The molecule has 1 aliphatic heterocycles. The summed E-state index contributed by atoms with van der Waals surface area (Å²) in [4.78, 5) is 10.9. The Hall–Kier alpha value is -1.32. The minimum Gasteiger partial charge on any atom is -0.368 e. The summed E-state index contributed by atoms with van der Waals surface area (Å²) in [5.74, 6) is 1.79. The van der Waals surface area contributed by atoms with Gasteiger partial charge in [-0.25, -0.2) is 4.98 Å². The average Bonchev–Trinajstić information content (AvgIpc) is 2.29. The Labute approximate surface area is 96.9 Å². The first-order valence-electron chi connectivity index (χ1n) is 6.06. The maximum atomic E-state index is 5.75. The molecule has 1 aromatic heterocycles. The first-order valence-corrected chi connectivity index (χ1v) is 6.06. The number of nitrogens with zero attached hydrogens (tertiary/aromatic N) is 3. The Bertz CT molecular complexity index is 356. The van der Waals surface area contributed by atoms with Crippen molar-refractivity contribution in [2.24, 2.45) is 0 Å². The fraction of sp³-hybridized carbons (Fsp3) is 0.667. The maximum absolute atomic E-state index is 5.75. The second-order valence-corrected chi connectivity index (χ2v) is 4.71. The van der Waals surface area contributed by atoms with E-state index < -0.39 is 0 Å². The quantitative estimate of drug-likeness (QED) is 0.830. The van der Waals surface area contributed by atoms with Crippen LogP contribution in [0.4, 0.5) is 11.8 Å². The smallest absolute Gasteiger partial charge is 0.222 e. The molecule has 1 aliphatic rings. The largest absolute Gasteiger partial charge is 0.368 e. The standard InChI is InChI=1S/C12H20N4/c1-9(2)10-8-11(15-12(13)14-10)16-6-4-3-5-7-16/h8-9H,3-7H2,1-2H3,(H2,13,14,15). The molecule has 0 atom stereocenters. The number of hydrogen-bond acceptors (Lipinski definition) is 4. The molecular weight excluding hydrogens is 200 g/mol.